The second-order valence-electron chi connectivity index (χ2n) is 5.63. The number of nitrogens with zero attached hydrogens (tertiary/aromatic N) is 3. The zero-order valence-electron chi connectivity index (χ0n) is 14.5. The van der Waals surface area contributed by atoms with Crippen LogP contribution < -0.4 is 4.74 Å². The molecule has 0 aromatic heterocycles. The summed E-state index contributed by atoms with van der Waals surface area (Å²) >= 11 is 0. The van der Waals surface area contributed by atoms with Gasteiger partial charge in [0.2, 0.25) is 0 Å². The number of para-hydroxylation sites is 1. The first-order valence-electron chi connectivity index (χ1n) is 7.82. The van der Waals surface area contributed by atoms with Gasteiger partial charge in [0.15, 0.2) is 10.8 Å². The largest absolute Gasteiger partial charge is 0.490 e. The van der Waals surface area contributed by atoms with Crippen LogP contribution in [0.3, 0.4) is 0 Å². The van der Waals surface area contributed by atoms with Crippen LogP contribution in [0, 0.1) is 44.8 Å². The molecule has 2 unspecified atom stereocenters. The number of carbonyl (C=O) groups excluding carboxylic acids is 2. The van der Waals surface area contributed by atoms with Crippen molar-refractivity contribution < 1.29 is 23.8 Å². The average molecular weight is 365 g/mol. The third-order valence-electron chi connectivity index (χ3n) is 4.42. The van der Waals surface area contributed by atoms with Gasteiger partial charge in [0.1, 0.15) is 19.0 Å². The monoisotopic (exact) mass is 365 g/mol. The molecular weight excluding hydrogens is 350 g/mol. The molecule has 0 N–H and O–H groups in total. The molecule has 27 heavy (non-hydrogen) atoms. The molecule has 0 spiro atoms. The van der Waals surface area contributed by atoms with E-state index in [0.717, 1.165) is 13.2 Å². The van der Waals surface area contributed by atoms with Gasteiger partial charge in [-0.1, -0.05) is 24.8 Å². The van der Waals surface area contributed by atoms with Crippen LogP contribution in [0.2, 0.25) is 0 Å². The third kappa shape index (κ3) is 2.86. The summed E-state index contributed by atoms with van der Waals surface area (Å²) in [5, 5.41) is 28.7. The number of benzene rings is 1. The Morgan fingerprint density at radius 1 is 1.19 bits per heavy atom. The van der Waals surface area contributed by atoms with E-state index in [1.54, 1.807) is 42.5 Å². The summed E-state index contributed by atoms with van der Waals surface area (Å²) in [6.07, 6.45) is 1.02. The van der Waals surface area contributed by atoms with Crippen LogP contribution in [-0.2, 0) is 19.1 Å². The molecule has 1 aliphatic carbocycles. The number of nitriles is 3. The van der Waals surface area contributed by atoms with Gasteiger partial charge in [0.25, 0.3) is 0 Å². The summed E-state index contributed by atoms with van der Waals surface area (Å²) < 4.78 is 15.1. The van der Waals surface area contributed by atoms with E-state index in [4.69, 9.17) is 9.47 Å². The van der Waals surface area contributed by atoms with E-state index < -0.39 is 28.7 Å². The van der Waals surface area contributed by atoms with Gasteiger partial charge in [0, 0.05) is 11.6 Å². The van der Waals surface area contributed by atoms with Crippen molar-refractivity contribution in [3.05, 3.63) is 42.5 Å². The van der Waals surface area contributed by atoms with Crippen molar-refractivity contribution in [2.75, 3.05) is 20.3 Å². The molecule has 0 heterocycles. The molecule has 8 heteroatoms. The molecule has 0 amide bonds. The molecule has 1 aliphatic rings. The minimum Gasteiger partial charge on any atom is -0.490 e. The third-order valence-corrected chi connectivity index (χ3v) is 4.42. The van der Waals surface area contributed by atoms with E-state index in [9.17, 15) is 25.4 Å². The summed E-state index contributed by atoms with van der Waals surface area (Å²) in [6.45, 7) is 3.22. The minimum absolute atomic E-state index is 0.00675. The Morgan fingerprint density at radius 3 is 2.41 bits per heavy atom. The first-order valence-corrected chi connectivity index (χ1v) is 7.82. The molecule has 0 radical (unpaired) electrons. The van der Waals surface area contributed by atoms with Gasteiger partial charge < -0.3 is 14.2 Å². The van der Waals surface area contributed by atoms with Crippen molar-refractivity contribution in [1.82, 2.24) is 0 Å². The lowest BCUT2D eigenvalue weighted by molar-refractivity contribution is -0.145. The molecule has 2 rings (SSSR count). The number of carbonyl (C=O) groups is 2. The zero-order valence-corrected chi connectivity index (χ0v) is 14.5. The van der Waals surface area contributed by atoms with Crippen molar-refractivity contribution in [2.45, 2.75) is 5.92 Å². The Kier molecular flexibility index (Phi) is 5.48. The molecule has 0 saturated heterocycles. The Bertz CT molecular complexity index is 891. The Morgan fingerprint density at radius 2 is 1.85 bits per heavy atom. The maximum absolute atomic E-state index is 12.3. The van der Waals surface area contributed by atoms with E-state index in [2.05, 4.69) is 11.3 Å². The van der Waals surface area contributed by atoms with Gasteiger partial charge >= 0.3 is 11.9 Å². The van der Waals surface area contributed by atoms with Gasteiger partial charge in [-0.15, -0.1) is 0 Å². The van der Waals surface area contributed by atoms with Crippen LogP contribution in [0.4, 0.5) is 0 Å². The van der Waals surface area contributed by atoms with Crippen molar-refractivity contribution in [3.63, 3.8) is 0 Å². The molecule has 1 fully saturated rings. The predicted octanol–water partition coefficient (Wildman–Crippen LogP) is 1.61. The highest BCUT2D eigenvalue weighted by Gasteiger charge is 2.86. The molecule has 1 saturated carbocycles. The van der Waals surface area contributed by atoms with Crippen molar-refractivity contribution >= 4 is 11.9 Å². The van der Waals surface area contributed by atoms with Gasteiger partial charge in [-0.05, 0) is 6.07 Å². The number of rotatable bonds is 7. The second kappa shape index (κ2) is 7.59. The van der Waals surface area contributed by atoms with Crippen LogP contribution in [0.1, 0.15) is 11.5 Å². The Hall–Kier alpha value is -3.83. The van der Waals surface area contributed by atoms with Gasteiger partial charge in [-0.3, -0.25) is 4.79 Å². The SMILES string of the molecule is C=CC(=O)OCCOc1ccccc1C1C(C#N)(C#N)C1(C#N)C(=O)OC. The number of hydrogen-bond donors (Lipinski definition) is 0. The maximum atomic E-state index is 12.3. The Balaban J connectivity index is 2.35. The number of esters is 2. The van der Waals surface area contributed by atoms with Gasteiger partial charge in [0.05, 0.1) is 31.2 Å². The molecule has 1 aromatic rings. The highest BCUT2D eigenvalue weighted by Crippen LogP contribution is 2.75. The van der Waals surface area contributed by atoms with E-state index in [1.807, 2.05) is 0 Å². The van der Waals surface area contributed by atoms with Crippen LogP contribution in [0.25, 0.3) is 0 Å². The first kappa shape index (κ1) is 19.5. The smallest absolute Gasteiger partial charge is 0.330 e. The molecular formula is C19H15N3O5. The van der Waals surface area contributed by atoms with E-state index >= 15 is 0 Å². The molecule has 2 atom stereocenters. The fourth-order valence-electron chi connectivity index (χ4n) is 3.11. The van der Waals surface area contributed by atoms with E-state index in [0.29, 0.717) is 5.56 Å². The van der Waals surface area contributed by atoms with E-state index in [1.165, 1.54) is 0 Å². The topological polar surface area (TPSA) is 133 Å². The zero-order chi connectivity index (χ0) is 20.1. The predicted molar refractivity (Wildman–Crippen MR) is 89.6 cm³/mol. The minimum atomic E-state index is -1.94. The van der Waals surface area contributed by atoms with Crippen molar-refractivity contribution in [2.24, 2.45) is 10.8 Å². The summed E-state index contributed by atoms with van der Waals surface area (Å²) in [4.78, 5) is 23.3. The average Bonchev–Trinajstić information content (AvgIpc) is 3.33. The second-order valence-corrected chi connectivity index (χ2v) is 5.63. The standard InChI is InChI=1S/C19H15N3O5/c1-3-15(23)27-9-8-26-14-7-5-4-6-13(14)16-18(10-20,11-21)19(16,12-22)17(24)25-2/h3-7,16H,1,8-9H2,2H3. The highest BCUT2D eigenvalue weighted by atomic mass is 16.6. The quantitative estimate of drug-likeness (QED) is 0.404. The normalized spacial score (nSPS) is 21.5. The summed E-state index contributed by atoms with van der Waals surface area (Å²) in [5.41, 5.74) is -3.48. The fraction of sp³-hybridized carbons (Fsp3) is 0.316. The van der Waals surface area contributed by atoms with Crippen LogP contribution in [0.5, 0.6) is 5.75 Å². The lowest BCUT2D eigenvalue weighted by atomic mass is 9.97. The van der Waals surface area contributed by atoms with Crippen molar-refractivity contribution in [3.8, 4) is 24.0 Å². The number of methoxy groups -OCH3 is 1. The highest BCUT2D eigenvalue weighted by molar-refractivity contribution is 5.91. The van der Waals surface area contributed by atoms with Crippen LogP contribution in [0.15, 0.2) is 36.9 Å². The van der Waals surface area contributed by atoms with Crippen LogP contribution >= 0.6 is 0 Å². The molecule has 1 aromatic carbocycles. The summed E-state index contributed by atoms with van der Waals surface area (Å²) in [7, 11) is 1.09. The summed E-state index contributed by atoms with van der Waals surface area (Å²) in [5.74, 6) is -2.32. The maximum Gasteiger partial charge on any atom is 0.330 e. The van der Waals surface area contributed by atoms with Gasteiger partial charge in [-0.25, -0.2) is 4.79 Å². The molecule has 8 nitrogen and oxygen atoms in total. The Labute approximate surface area is 155 Å². The van der Waals surface area contributed by atoms with Crippen LogP contribution in [-0.4, -0.2) is 32.3 Å². The van der Waals surface area contributed by atoms with Crippen molar-refractivity contribution in [1.29, 1.82) is 15.8 Å². The lowest BCUT2D eigenvalue weighted by Crippen LogP contribution is -2.22. The fourth-order valence-corrected chi connectivity index (χ4v) is 3.11. The number of ether oxygens (including phenoxy) is 3. The lowest BCUT2D eigenvalue weighted by Gasteiger charge is -2.12. The molecule has 0 bridgehead atoms. The number of hydrogen-bond acceptors (Lipinski definition) is 8. The van der Waals surface area contributed by atoms with E-state index in [-0.39, 0.29) is 19.0 Å². The molecule has 0 aliphatic heterocycles. The molecule has 136 valence electrons. The summed E-state index contributed by atoms with van der Waals surface area (Å²) in [6, 6.07) is 11.8. The van der Waals surface area contributed by atoms with Gasteiger partial charge in [-0.2, -0.15) is 15.8 Å². The first-order chi connectivity index (χ1) is 13.0.